The first-order valence-electron chi connectivity index (χ1n) is 20.0. The van der Waals surface area contributed by atoms with E-state index in [1.807, 2.05) is 0 Å². The van der Waals surface area contributed by atoms with E-state index in [4.69, 9.17) is 18.9 Å². The molecule has 5 aliphatic carbocycles. The highest BCUT2D eigenvalue weighted by Crippen LogP contribution is 2.89. The third kappa shape index (κ3) is 4.79. The van der Waals surface area contributed by atoms with Crippen molar-refractivity contribution in [3.8, 4) is 0 Å². The molecule has 8 fully saturated rings. The number of aliphatic hydroxyl groups is 1. The average Bonchev–Trinajstić information content (AvgIpc) is 3.68. The van der Waals surface area contributed by atoms with Crippen LogP contribution in [0.4, 0.5) is 4.79 Å². The first-order valence-corrected chi connectivity index (χ1v) is 20.0. The van der Waals surface area contributed by atoms with Gasteiger partial charge in [-0.05, 0) is 110 Å². The van der Waals surface area contributed by atoms with Gasteiger partial charge in [-0.2, -0.15) is 0 Å². The van der Waals surface area contributed by atoms with Crippen LogP contribution in [-0.2, 0) is 18.9 Å². The second-order valence-electron chi connectivity index (χ2n) is 19.7. The third-order valence-corrected chi connectivity index (χ3v) is 17.2. The van der Waals surface area contributed by atoms with Crippen molar-refractivity contribution in [3.05, 3.63) is 0 Å². The van der Waals surface area contributed by atoms with Gasteiger partial charge < -0.3 is 34.3 Å². The number of rotatable bonds is 6. The molecule has 0 unspecified atom stereocenters. The summed E-state index contributed by atoms with van der Waals surface area (Å²) in [7, 11) is 3.81. The number of aliphatic hydroxyl groups excluding tert-OH is 1. The van der Waals surface area contributed by atoms with Gasteiger partial charge in [0, 0.05) is 44.7 Å². The molecule has 3 aliphatic heterocycles. The number of likely N-dealkylation sites (N-methyl/N-ethyl adjacent to an activating group) is 1. The fourth-order valence-electron chi connectivity index (χ4n) is 14.7. The molecule has 49 heavy (non-hydrogen) atoms. The molecule has 0 bridgehead atoms. The summed E-state index contributed by atoms with van der Waals surface area (Å²) >= 11 is 0. The summed E-state index contributed by atoms with van der Waals surface area (Å²) in [4.78, 5) is 17.3. The Balaban J connectivity index is 1.01. The maximum atomic E-state index is 12.6. The molecule has 2 spiro atoms. The number of hydrogen-bond acceptors (Lipinski definition) is 8. The lowest BCUT2D eigenvalue weighted by Crippen LogP contribution is -2.62. The van der Waals surface area contributed by atoms with Crippen LogP contribution in [0.2, 0.25) is 0 Å². The second kappa shape index (κ2) is 11.8. The molecule has 0 aromatic rings. The molecule has 8 aliphatic rings. The predicted molar refractivity (Wildman–Crippen MR) is 188 cm³/mol. The minimum Gasteiger partial charge on any atom is -0.443 e. The van der Waals surface area contributed by atoms with E-state index in [9.17, 15) is 9.90 Å². The SMILES string of the molecule is CNC(=O)O[C@H](C(C)C)[C@H]1C[C@@H](C)[C@H]2[C@H](O1)[C@H](O)[C@@]1(C)[C@@H]3CC[C@H]4C(C)(C)[C@@H](O[C@H]5CN(C6CN(C)C6)CCO5)CC[C@@]45C[C@@]35CC[C@]21C. The zero-order valence-electron chi connectivity index (χ0n) is 32.0. The van der Waals surface area contributed by atoms with Gasteiger partial charge in [-0.3, -0.25) is 4.90 Å². The van der Waals surface area contributed by atoms with Crippen LogP contribution in [-0.4, -0.2) is 111 Å². The highest BCUT2D eigenvalue weighted by atomic mass is 16.7. The minimum absolute atomic E-state index is 0.0122. The van der Waals surface area contributed by atoms with Gasteiger partial charge in [-0.1, -0.05) is 48.5 Å². The number of hydrogen-bond donors (Lipinski definition) is 2. The van der Waals surface area contributed by atoms with Crippen LogP contribution in [0.15, 0.2) is 0 Å². The molecule has 9 nitrogen and oxygen atoms in total. The lowest BCUT2D eigenvalue weighted by Gasteiger charge is -2.64. The van der Waals surface area contributed by atoms with Gasteiger partial charge >= 0.3 is 6.09 Å². The number of fused-ring (bicyclic) bond motifs is 4. The van der Waals surface area contributed by atoms with Crippen LogP contribution >= 0.6 is 0 Å². The summed E-state index contributed by atoms with van der Waals surface area (Å²) in [6.45, 7) is 21.5. The largest absolute Gasteiger partial charge is 0.443 e. The Morgan fingerprint density at radius 2 is 1.71 bits per heavy atom. The Morgan fingerprint density at radius 3 is 2.41 bits per heavy atom. The Hall–Kier alpha value is -0.970. The Kier molecular flexibility index (Phi) is 8.42. The Morgan fingerprint density at radius 1 is 1.00 bits per heavy atom. The molecule has 2 N–H and O–H groups in total. The number of nitrogens with one attached hydrogen (secondary N) is 1. The number of carbonyl (C=O) groups is 1. The Bertz CT molecular complexity index is 1290. The predicted octanol–water partition coefficient (Wildman–Crippen LogP) is 5.54. The van der Waals surface area contributed by atoms with Gasteiger partial charge in [0.2, 0.25) is 0 Å². The van der Waals surface area contributed by atoms with Crippen molar-refractivity contribution in [1.29, 1.82) is 0 Å². The fraction of sp³-hybridized carbons (Fsp3) is 0.975. The maximum Gasteiger partial charge on any atom is 0.407 e. The summed E-state index contributed by atoms with van der Waals surface area (Å²) in [6, 6.07) is 0.643. The van der Waals surface area contributed by atoms with Gasteiger partial charge in [-0.15, -0.1) is 0 Å². The first kappa shape index (κ1) is 35.1. The van der Waals surface area contributed by atoms with Gasteiger partial charge in [0.25, 0.3) is 0 Å². The van der Waals surface area contributed by atoms with E-state index in [1.165, 1.54) is 32.1 Å². The molecule has 1 amide bonds. The van der Waals surface area contributed by atoms with Crippen molar-refractivity contribution in [2.45, 2.75) is 143 Å². The lowest BCUT2D eigenvalue weighted by atomic mass is 9.41. The zero-order valence-corrected chi connectivity index (χ0v) is 32.0. The van der Waals surface area contributed by atoms with Crippen molar-refractivity contribution in [1.82, 2.24) is 15.1 Å². The molecular formula is C40H67N3O6. The Labute approximate surface area is 295 Å². The standard InChI is InChI=1S/C40H67N3O6/c1-23(2)32(49-35(45)41-8)26-18-24(3)31-33(47-26)34(44)38(7)28-11-10-27-36(4,5)29(12-13-39(27)22-40(28,39)15-14-37(31,38)6)48-30-21-43(16-17-46-30)25-19-42(9)20-25/h23-34,44H,10-22H2,1-9H3,(H,41,45)/t24-,26-,27+,28+,29+,30+,31+,32-,33+,34+,37-,38-,39-,40+/m1/s1. The molecule has 3 saturated heterocycles. The molecule has 8 rings (SSSR count). The molecule has 5 saturated carbocycles. The van der Waals surface area contributed by atoms with E-state index < -0.39 is 12.2 Å². The summed E-state index contributed by atoms with van der Waals surface area (Å²) in [5, 5.41) is 15.3. The number of likely N-dealkylation sites (tertiary alicyclic amines) is 1. The topological polar surface area (TPSA) is 92.7 Å². The molecule has 14 atom stereocenters. The van der Waals surface area contributed by atoms with E-state index in [0.717, 1.165) is 52.0 Å². The monoisotopic (exact) mass is 686 g/mol. The van der Waals surface area contributed by atoms with Crippen LogP contribution < -0.4 is 5.32 Å². The summed E-state index contributed by atoms with van der Waals surface area (Å²) in [5.74, 6) is 1.94. The van der Waals surface area contributed by atoms with Crippen LogP contribution in [0.1, 0.15) is 99.8 Å². The van der Waals surface area contributed by atoms with Crippen LogP contribution in [0.5, 0.6) is 0 Å². The van der Waals surface area contributed by atoms with Crippen molar-refractivity contribution in [2.24, 2.45) is 56.7 Å². The van der Waals surface area contributed by atoms with Crippen molar-refractivity contribution < 1.29 is 28.8 Å². The molecule has 3 heterocycles. The van der Waals surface area contributed by atoms with E-state index in [1.54, 1.807) is 7.05 Å². The van der Waals surface area contributed by atoms with Crippen molar-refractivity contribution >= 4 is 6.09 Å². The van der Waals surface area contributed by atoms with Crippen LogP contribution in [0.3, 0.4) is 0 Å². The number of carbonyl (C=O) groups excluding carboxylic acids is 1. The second-order valence-corrected chi connectivity index (χ2v) is 19.7. The number of amides is 1. The number of nitrogens with zero attached hydrogens (tertiary/aromatic N) is 2. The quantitative estimate of drug-likeness (QED) is 0.377. The number of alkyl carbamates (subject to hydrolysis) is 1. The highest BCUT2D eigenvalue weighted by molar-refractivity contribution is 5.66. The van der Waals surface area contributed by atoms with Crippen molar-refractivity contribution in [2.75, 3.05) is 46.9 Å². The minimum atomic E-state index is -0.522. The van der Waals surface area contributed by atoms with Gasteiger partial charge in [0.05, 0.1) is 31.0 Å². The average molecular weight is 686 g/mol. The zero-order chi connectivity index (χ0) is 34.9. The number of morpholine rings is 1. The van der Waals surface area contributed by atoms with Crippen molar-refractivity contribution in [3.63, 3.8) is 0 Å². The lowest BCUT2D eigenvalue weighted by molar-refractivity contribution is -0.253. The molecule has 9 heteroatoms. The summed E-state index contributed by atoms with van der Waals surface area (Å²) in [5.41, 5.74) is 0.547. The molecular weight excluding hydrogens is 618 g/mol. The van der Waals surface area contributed by atoms with Gasteiger partial charge in [0.15, 0.2) is 6.29 Å². The van der Waals surface area contributed by atoms with E-state index >= 15 is 0 Å². The maximum absolute atomic E-state index is 12.6. The molecule has 0 aromatic carbocycles. The van der Waals surface area contributed by atoms with E-state index in [0.29, 0.717) is 40.5 Å². The van der Waals surface area contributed by atoms with E-state index in [-0.39, 0.29) is 52.9 Å². The first-order chi connectivity index (χ1) is 23.1. The number of ether oxygens (including phenoxy) is 4. The van der Waals surface area contributed by atoms with Crippen LogP contribution in [0, 0.1) is 56.7 Å². The molecule has 278 valence electrons. The summed E-state index contributed by atoms with van der Waals surface area (Å²) < 4.78 is 26.1. The van der Waals surface area contributed by atoms with E-state index in [2.05, 4.69) is 70.6 Å². The van der Waals surface area contributed by atoms with Gasteiger partial charge in [0.1, 0.15) is 6.10 Å². The highest BCUT2D eigenvalue weighted by Gasteiger charge is 2.84. The summed E-state index contributed by atoms with van der Waals surface area (Å²) in [6.07, 6.45) is 7.74. The molecule has 0 aromatic heterocycles. The molecule has 0 radical (unpaired) electrons. The third-order valence-electron chi connectivity index (χ3n) is 17.2. The normalized spacial score (nSPS) is 51.4. The fourth-order valence-corrected chi connectivity index (χ4v) is 14.7. The smallest absolute Gasteiger partial charge is 0.407 e. The van der Waals surface area contributed by atoms with Gasteiger partial charge in [-0.25, -0.2) is 4.79 Å². The van der Waals surface area contributed by atoms with Crippen LogP contribution in [0.25, 0.3) is 0 Å².